The molecule has 6 nitrogen and oxygen atoms in total. The minimum Gasteiger partial charge on any atom is -0.481 e. The molecule has 0 aromatic carbocycles. The van der Waals surface area contributed by atoms with Crippen LogP contribution in [0.15, 0.2) is 0 Å². The van der Waals surface area contributed by atoms with Crippen LogP contribution in [0.25, 0.3) is 0 Å². The number of carbonyl (C=O) groups is 3. The molecule has 0 bridgehead atoms. The molecule has 6 heteroatoms. The van der Waals surface area contributed by atoms with E-state index in [4.69, 9.17) is 10.8 Å². The van der Waals surface area contributed by atoms with Gasteiger partial charge in [-0.25, -0.2) is 0 Å². The zero-order chi connectivity index (χ0) is 13.7. The molecule has 1 aliphatic rings. The van der Waals surface area contributed by atoms with Crippen molar-refractivity contribution in [3.63, 3.8) is 0 Å². The molecular weight excluding hydrogens is 236 g/mol. The van der Waals surface area contributed by atoms with E-state index in [0.29, 0.717) is 19.4 Å². The Labute approximate surface area is 106 Å². The van der Waals surface area contributed by atoms with E-state index in [2.05, 4.69) is 0 Å². The molecule has 1 fully saturated rings. The molecule has 0 aromatic rings. The van der Waals surface area contributed by atoms with Crippen molar-refractivity contribution in [1.82, 2.24) is 4.90 Å². The Morgan fingerprint density at radius 2 is 1.89 bits per heavy atom. The van der Waals surface area contributed by atoms with Crippen LogP contribution < -0.4 is 5.73 Å². The highest BCUT2D eigenvalue weighted by molar-refractivity contribution is 5.89. The first-order valence-corrected chi connectivity index (χ1v) is 6.27. The molecule has 0 spiro atoms. The number of hydrogen-bond donors (Lipinski definition) is 2. The normalized spacial score (nSPS) is 22.1. The molecule has 1 saturated carbocycles. The lowest BCUT2D eigenvalue weighted by molar-refractivity contribution is -0.157. The van der Waals surface area contributed by atoms with Crippen LogP contribution in [0.4, 0.5) is 0 Å². The molecule has 18 heavy (non-hydrogen) atoms. The van der Waals surface area contributed by atoms with E-state index in [1.165, 1.54) is 4.90 Å². The van der Waals surface area contributed by atoms with Crippen molar-refractivity contribution in [2.24, 2.45) is 17.6 Å². The fraction of sp³-hybridized carbons (Fsp3) is 0.750. The zero-order valence-corrected chi connectivity index (χ0v) is 10.6. The van der Waals surface area contributed by atoms with E-state index in [1.807, 2.05) is 6.92 Å². The Kier molecular flexibility index (Phi) is 5.12. The van der Waals surface area contributed by atoms with Gasteiger partial charge in [0.25, 0.3) is 0 Å². The number of rotatable bonds is 7. The molecular formula is C12H20N2O4. The molecule has 3 N–H and O–H groups in total. The van der Waals surface area contributed by atoms with Crippen LogP contribution >= 0.6 is 0 Å². The second-order valence-corrected chi connectivity index (χ2v) is 4.71. The van der Waals surface area contributed by atoms with Gasteiger partial charge >= 0.3 is 5.97 Å². The largest absolute Gasteiger partial charge is 0.481 e. The summed E-state index contributed by atoms with van der Waals surface area (Å²) in [4.78, 5) is 35.4. The number of carboxylic acid groups (broad SMARTS) is 1. The quantitative estimate of drug-likeness (QED) is 0.680. The Balaban J connectivity index is 2.63. The predicted octanol–water partition coefficient (Wildman–Crippen LogP) is 0.211. The number of amides is 2. The first-order chi connectivity index (χ1) is 8.47. The Hall–Kier alpha value is -1.59. The molecule has 1 aliphatic carbocycles. The standard InChI is InChI=1S/C12H20N2O4/c1-2-3-6-14(7-10(13)15)11(16)8-4-5-9(8)12(17)18/h8-9H,2-7H2,1H3,(H2,13,15)(H,17,18). The van der Waals surface area contributed by atoms with E-state index < -0.39 is 23.7 Å². The fourth-order valence-corrected chi connectivity index (χ4v) is 2.13. The van der Waals surface area contributed by atoms with Crippen LogP contribution in [0, 0.1) is 11.8 Å². The maximum atomic E-state index is 12.1. The van der Waals surface area contributed by atoms with Crippen molar-refractivity contribution in [2.45, 2.75) is 32.6 Å². The van der Waals surface area contributed by atoms with Crippen molar-refractivity contribution in [3.8, 4) is 0 Å². The second kappa shape index (κ2) is 6.37. The van der Waals surface area contributed by atoms with Crippen LogP contribution in [-0.2, 0) is 14.4 Å². The molecule has 2 amide bonds. The summed E-state index contributed by atoms with van der Waals surface area (Å²) in [6, 6.07) is 0. The number of nitrogens with zero attached hydrogens (tertiary/aromatic N) is 1. The number of carboxylic acids is 1. The van der Waals surface area contributed by atoms with Gasteiger partial charge in [0.15, 0.2) is 0 Å². The van der Waals surface area contributed by atoms with E-state index in [0.717, 1.165) is 12.8 Å². The maximum Gasteiger partial charge on any atom is 0.307 e. The van der Waals surface area contributed by atoms with Gasteiger partial charge in [-0.1, -0.05) is 13.3 Å². The topological polar surface area (TPSA) is 101 Å². The minimum absolute atomic E-state index is 0.123. The SMILES string of the molecule is CCCCN(CC(N)=O)C(=O)C1CCC1C(=O)O. The van der Waals surface area contributed by atoms with Gasteiger partial charge in [-0.2, -0.15) is 0 Å². The van der Waals surface area contributed by atoms with E-state index >= 15 is 0 Å². The average Bonchev–Trinajstić information content (AvgIpc) is 2.20. The third-order valence-electron chi connectivity index (χ3n) is 3.35. The highest BCUT2D eigenvalue weighted by Crippen LogP contribution is 2.35. The van der Waals surface area contributed by atoms with Crippen molar-refractivity contribution in [1.29, 1.82) is 0 Å². The summed E-state index contributed by atoms with van der Waals surface area (Å²) in [7, 11) is 0. The number of hydrogen-bond acceptors (Lipinski definition) is 3. The number of carbonyl (C=O) groups excluding carboxylic acids is 2. The zero-order valence-electron chi connectivity index (χ0n) is 10.6. The molecule has 1 rings (SSSR count). The smallest absolute Gasteiger partial charge is 0.307 e. The molecule has 2 unspecified atom stereocenters. The summed E-state index contributed by atoms with van der Waals surface area (Å²) < 4.78 is 0. The van der Waals surface area contributed by atoms with Gasteiger partial charge in [-0.3, -0.25) is 14.4 Å². The first-order valence-electron chi connectivity index (χ1n) is 6.27. The predicted molar refractivity (Wildman–Crippen MR) is 64.5 cm³/mol. The lowest BCUT2D eigenvalue weighted by Gasteiger charge is -2.36. The van der Waals surface area contributed by atoms with E-state index in [1.54, 1.807) is 0 Å². The Morgan fingerprint density at radius 3 is 2.28 bits per heavy atom. The summed E-state index contributed by atoms with van der Waals surface area (Å²) in [5.74, 6) is -2.84. The van der Waals surface area contributed by atoms with Crippen molar-refractivity contribution in [2.75, 3.05) is 13.1 Å². The summed E-state index contributed by atoms with van der Waals surface area (Å²) >= 11 is 0. The fourth-order valence-electron chi connectivity index (χ4n) is 2.13. The van der Waals surface area contributed by atoms with Gasteiger partial charge in [-0.15, -0.1) is 0 Å². The summed E-state index contributed by atoms with van der Waals surface area (Å²) in [5, 5.41) is 8.93. The first kappa shape index (κ1) is 14.5. The lowest BCUT2D eigenvalue weighted by atomic mass is 9.73. The molecule has 0 aliphatic heterocycles. The molecule has 102 valence electrons. The number of primary amides is 1. The Bertz CT molecular complexity index is 343. The van der Waals surface area contributed by atoms with Crippen LogP contribution in [0.5, 0.6) is 0 Å². The van der Waals surface area contributed by atoms with Gasteiger partial charge in [0.2, 0.25) is 11.8 Å². The molecule has 0 saturated heterocycles. The monoisotopic (exact) mass is 256 g/mol. The van der Waals surface area contributed by atoms with Crippen LogP contribution in [-0.4, -0.2) is 40.9 Å². The summed E-state index contributed by atoms with van der Waals surface area (Å²) in [6.45, 7) is 2.32. The summed E-state index contributed by atoms with van der Waals surface area (Å²) in [6.07, 6.45) is 2.79. The van der Waals surface area contributed by atoms with Crippen LogP contribution in [0.3, 0.4) is 0 Å². The lowest BCUT2D eigenvalue weighted by Crippen LogP contribution is -2.48. The maximum absolute atomic E-state index is 12.1. The van der Waals surface area contributed by atoms with E-state index in [9.17, 15) is 14.4 Å². The van der Waals surface area contributed by atoms with Crippen molar-refractivity contribution >= 4 is 17.8 Å². The minimum atomic E-state index is -0.936. The third-order valence-corrected chi connectivity index (χ3v) is 3.35. The second-order valence-electron chi connectivity index (χ2n) is 4.71. The van der Waals surface area contributed by atoms with Gasteiger partial charge in [0, 0.05) is 6.54 Å². The van der Waals surface area contributed by atoms with E-state index in [-0.39, 0.29) is 12.5 Å². The van der Waals surface area contributed by atoms with Crippen molar-refractivity contribution < 1.29 is 19.5 Å². The van der Waals surface area contributed by atoms with Gasteiger partial charge < -0.3 is 15.7 Å². The number of nitrogens with two attached hydrogens (primary N) is 1. The highest BCUT2D eigenvalue weighted by atomic mass is 16.4. The van der Waals surface area contributed by atoms with Crippen molar-refractivity contribution in [3.05, 3.63) is 0 Å². The molecule has 0 radical (unpaired) electrons. The van der Waals surface area contributed by atoms with Gasteiger partial charge in [-0.05, 0) is 19.3 Å². The Morgan fingerprint density at radius 1 is 1.28 bits per heavy atom. The summed E-state index contributed by atoms with van der Waals surface area (Å²) in [5.41, 5.74) is 5.11. The van der Waals surface area contributed by atoms with Gasteiger partial charge in [0.05, 0.1) is 18.4 Å². The third kappa shape index (κ3) is 3.45. The van der Waals surface area contributed by atoms with Crippen LogP contribution in [0.2, 0.25) is 0 Å². The average molecular weight is 256 g/mol. The highest BCUT2D eigenvalue weighted by Gasteiger charge is 2.43. The van der Waals surface area contributed by atoms with Crippen LogP contribution in [0.1, 0.15) is 32.6 Å². The molecule has 0 aromatic heterocycles. The molecule has 0 heterocycles. The van der Waals surface area contributed by atoms with Gasteiger partial charge in [0.1, 0.15) is 0 Å². The molecule has 2 atom stereocenters. The number of aliphatic carboxylic acids is 1. The number of unbranched alkanes of at least 4 members (excludes halogenated alkanes) is 1.